The second-order valence-corrected chi connectivity index (χ2v) is 5.45. The van der Waals surface area contributed by atoms with Gasteiger partial charge >= 0.3 is 0 Å². The largest absolute Gasteiger partial charge is 0.496 e. The molecule has 1 N–H and O–H groups in total. The summed E-state index contributed by atoms with van der Waals surface area (Å²) in [5.74, 6) is 0.916. The maximum absolute atomic E-state index is 10.3. The molecule has 3 nitrogen and oxygen atoms in total. The maximum atomic E-state index is 10.3. The molecule has 1 aliphatic rings. The lowest BCUT2D eigenvalue weighted by Gasteiger charge is -2.26. The van der Waals surface area contributed by atoms with Crippen molar-refractivity contribution in [2.75, 3.05) is 18.6 Å². The quantitative estimate of drug-likeness (QED) is 0.935. The fourth-order valence-electron chi connectivity index (χ4n) is 3.01. The molecule has 1 atom stereocenters. The van der Waals surface area contributed by atoms with Crippen LogP contribution in [0, 0.1) is 0 Å². The smallest absolute Gasteiger partial charge is 0.123 e. The van der Waals surface area contributed by atoms with Gasteiger partial charge in [-0.1, -0.05) is 36.4 Å². The van der Waals surface area contributed by atoms with Gasteiger partial charge in [-0.25, -0.2) is 0 Å². The molecule has 0 saturated carbocycles. The number of aliphatic hydroxyl groups excluding tert-OH is 1. The van der Waals surface area contributed by atoms with E-state index in [1.807, 2.05) is 36.4 Å². The summed E-state index contributed by atoms with van der Waals surface area (Å²) in [5, 5.41) is 10.3. The van der Waals surface area contributed by atoms with E-state index in [4.69, 9.17) is 4.74 Å². The van der Waals surface area contributed by atoms with E-state index in [1.165, 1.54) is 5.56 Å². The summed E-state index contributed by atoms with van der Waals surface area (Å²) in [6, 6.07) is 16.3. The summed E-state index contributed by atoms with van der Waals surface area (Å²) in [6.07, 6.45) is 1.45. The van der Waals surface area contributed by atoms with Crippen LogP contribution in [-0.2, 0) is 6.54 Å². The van der Waals surface area contributed by atoms with Crippen LogP contribution >= 0.6 is 0 Å². The first-order valence-electron chi connectivity index (χ1n) is 7.43. The molecule has 0 aliphatic carbocycles. The van der Waals surface area contributed by atoms with E-state index in [0.717, 1.165) is 42.9 Å². The first-order valence-corrected chi connectivity index (χ1v) is 7.43. The normalized spacial score (nSPS) is 18.0. The van der Waals surface area contributed by atoms with Crippen LogP contribution in [0.5, 0.6) is 5.75 Å². The van der Waals surface area contributed by atoms with Gasteiger partial charge in [0.2, 0.25) is 0 Å². The summed E-state index contributed by atoms with van der Waals surface area (Å²) in [4.78, 5) is 2.34. The third kappa shape index (κ3) is 2.88. The van der Waals surface area contributed by atoms with Crippen LogP contribution in [0.15, 0.2) is 48.5 Å². The Labute approximate surface area is 125 Å². The number of ether oxygens (including phenoxy) is 1. The maximum Gasteiger partial charge on any atom is 0.123 e. The van der Waals surface area contributed by atoms with Gasteiger partial charge in [-0.05, 0) is 25.0 Å². The predicted molar refractivity (Wildman–Crippen MR) is 84.7 cm³/mol. The molecule has 0 bridgehead atoms. The predicted octanol–water partition coefficient (Wildman–Crippen LogP) is 3.53. The fourth-order valence-corrected chi connectivity index (χ4v) is 3.01. The molecule has 1 heterocycles. The zero-order chi connectivity index (χ0) is 14.7. The summed E-state index contributed by atoms with van der Waals surface area (Å²) in [6.45, 7) is 1.75. The Morgan fingerprint density at radius 2 is 1.90 bits per heavy atom. The third-order valence-corrected chi connectivity index (χ3v) is 4.10. The highest BCUT2D eigenvalue weighted by Crippen LogP contribution is 2.34. The van der Waals surface area contributed by atoms with Gasteiger partial charge in [-0.3, -0.25) is 0 Å². The molecule has 0 saturated heterocycles. The SMILES string of the molecule is COc1ccccc1CN1CCCC(O)c2ccccc21. The Bertz CT molecular complexity index is 612. The summed E-state index contributed by atoms with van der Waals surface area (Å²) in [7, 11) is 1.71. The number of para-hydroxylation sites is 2. The summed E-state index contributed by atoms with van der Waals surface area (Å²) < 4.78 is 5.45. The molecule has 110 valence electrons. The van der Waals surface area contributed by atoms with Crippen LogP contribution in [0.2, 0.25) is 0 Å². The second-order valence-electron chi connectivity index (χ2n) is 5.45. The van der Waals surface area contributed by atoms with Gasteiger partial charge < -0.3 is 14.7 Å². The molecule has 1 aliphatic heterocycles. The minimum absolute atomic E-state index is 0.358. The average molecular weight is 283 g/mol. The van der Waals surface area contributed by atoms with E-state index in [1.54, 1.807) is 7.11 Å². The Kier molecular flexibility index (Phi) is 4.11. The highest BCUT2D eigenvalue weighted by molar-refractivity contribution is 5.56. The number of rotatable bonds is 3. The average Bonchev–Trinajstić information content (AvgIpc) is 2.68. The molecule has 21 heavy (non-hydrogen) atoms. The van der Waals surface area contributed by atoms with Crippen molar-refractivity contribution in [1.29, 1.82) is 0 Å². The van der Waals surface area contributed by atoms with Crippen molar-refractivity contribution >= 4 is 5.69 Å². The number of benzene rings is 2. The van der Waals surface area contributed by atoms with Gasteiger partial charge in [0.25, 0.3) is 0 Å². The molecule has 2 aromatic rings. The first kappa shape index (κ1) is 14.0. The van der Waals surface area contributed by atoms with Crippen LogP contribution in [0.3, 0.4) is 0 Å². The minimum atomic E-state index is -0.358. The van der Waals surface area contributed by atoms with Crippen molar-refractivity contribution < 1.29 is 9.84 Å². The van der Waals surface area contributed by atoms with Crippen LogP contribution in [0.1, 0.15) is 30.1 Å². The van der Waals surface area contributed by atoms with E-state index >= 15 is 0 Å². The number of hydrogen-bond donors (Lipinski definition) is 1. The monoisotopic (exact) mass is 283 g/mol. The van der Waals surface area contributed by atoms with E-state index in [2.05, 4.69) is 17.0 Å². The number of nitrogens with zero attached hydrogens (tertiary/aromatic N) is 1. The first-order chi connectivity index (χ1) is 10.3. The molecule has 0 radical (unpaired) electrons. The highest BCUT2D eigenvalue weighted by atomic mass is 16.5. The lowest BCUT2D eigenvalue weighted by atomic mass is 10.0. The number of fused-ring (bicyclic) bond motifs is 1. The number of anilines is 1. The Morgan fingerprint density at radius 1 is 1.14 bits per heavy atom. The summed E-state index contributed by atoms with van der Waals surface area (Å²) in [5.41, 5.74) is 3.34. The van der Waals surface area contributed by atoms with Gasteiger partial charge in [0, 0.05) is 29.9 Å². The molecule has 0 aromatic heterocycles. The second kappa shape index (κ2) is 6.19. The zero-order valence-corrected chi connectivity index (χ0v) is 12.3. The van der Waals surface area contributed by atoms with Gasteiger partial charge in [-0.2, -0.15) is 0 Å². The molecule has 0 spiro atoms. The van der Waals surface area contributed by atoms with E-state index in [9.17, 15) is 5.11 Å². The topological polar surface area (TPSA) is 32.7 Å². The van der Waals surface area contributed by atoms with Gasteiger partial charge in [0.15, 0.2) is 0 Å². The lowest BCUT2D eigenvalue weighted by molar-refractivity contribution is 0.168. The van der Waals surface area contributed by atoms with Crippen LogP contribution < -0.4 is 9.64 Å². The number of hydrogen-bond acceptors (Lipinski definition) is 3. The van der Waals surface area contributed by atoms with Gasteiger partial charge in [0.1, 0.15) is 5.75 Å². The third-order valence-electron chi connectivity index (χ3n) is 4.10. The van der Waals surface area contributed by atoms with Crippen molar-refractivity contribution in [3.05, 3.63) is 59.7 Å². The van der Waals surface area contributed by atoms with Crippen molar-refractivity contribution in [1.82, 2.24) is 0 Å². The highest BCUT2D eigenvalue weighted by Gasteiger charge is 2.21. The Hall–Kier alpha value is -2.00. The Morgan fingerprint density at radius 3 is 2.76 bits per heavy atom. The van der Waals surface area contributed by atoms with Gasteiger partial charge in [-0.15, -0.1) is 0 Å². The van der Waals surface area contributed by atoms with Crippen molar-refractivity contribution in [3.63, 3.8) is 0 Å². The van der Waals surface area contributed by atoms with Gasteiger partial charge in [0.05, 0.1) is 13.2 Å². The molecule has 3 heteroatoms. The van der Waals surface area contributed by atoms with Crippen molar-refractivity contribution in [2.45, 2.75) is 25.5 Å². The molecule has 3 rings (SSSR count). The number of aliphatic hydroxyl groups is 1. The molecule has 1 unspecified atom stereocenters. The van der Waals surface area contributed by atoms with Crippen molar-refractivity contribution in [2.24, 2.45) is 0 Å². The zero-order valence-electron chi connectivity index (χ0n) is 12.3. The molecule has 2 aromatic carbocycles. The number of methoxy groups -OCH3 is 1. The standard InChI is InChI=1S/C18H21NO2/c1-21-18-11-5-2-7-14(18)13-19-12-6-10-17(20)15-8-3-4-9-16(15)19/h2-5,7-9,11,17,20H,6,10,12-13H2,1H3. The van der Waals surface area contributed by atoms with Crippen LogP contribution in [-0.4, -0.2) is 18.8 Å². The molecular weight excluding hydrogens is 262 g/mol. The van der Waals surface area contributed by atoms with Crippen LogP contribution in [0.4, 0.5) is 5.69 Å². The minimum Gasteiger partial charge on any atom is -0.496 e. The van der Waals surface area contributed by atoms with Crippen LogP contribution in [0.25, 0.3) is 0 Å². The molecule has 0 amide bonds. The fraction of sp³-hybridized carbons (Fsp3) is 0.333. The van der Waals surface area contributed by atoms with E-state index in [-0.39, 0.29) is 6.10 Å². The van der Waals surface area contributed by atoms with E-state index < -0.39 is 0 Å². The Balaban J connectivity index is 1.93. The van der Waals surface area contributed by atoms with Crippen molar-refractivity contribution in [3.8, 4) is 5.75 Å². The summed E-state index contributed by atoms with van der Waals surface area (Å²) >= 11 is 0. The molecule has 0 fully saturated rings. The van der Waals surface area contributed by atoms with E-state index in [0.29, 0.717) is 0 Å². The lowest BCUT2D eigenvalue weighted by Crippen LogP contribution is -2.23. The molecular formula is C18H21NO2.